The summed E-state index contributed by atoms with van der Waals surface area (Å²) in [6.07, 6.45) is 4.87. The van der Waals surface area contributed by atoms with Crippen LogP contribution < -0.4 is 10.2 Å². The molecule has 1 N–H and O–H groups in total. The van der Waals surface area contributed by atoms with Crippen LogP contribution in [0.3, 0.4) is 0 Å². The van der Waals surface area contributed by atoms with Crippen LogP contribution in [0.15, 0.2) is 59.5 Å². The molecule has 1 aromatic carbocycles. The standard InChI is InChI=1S/C21H21N5O3/c1-15-5-6-16(14-17(15)24-19(27)18-4-2-13-29-18)20(28)25-9-11-26(12-10-25)21-22-7-3-8-23-21/h2-8,13-14H,9-12H2,1H3,(H,24,27). The molecule has 1 aliphatic rings. The summed E-state index contributed by atoms with van der Waals surface area (Å²) in [4.78, 5) is 37.6. The molecule has 0 bridgehead atoms. The molecular formula is C21H21N5O3. The molecule has 2 aromatic heterocycles. The van der Waals surface area contributed by atoms with Gasteiger partial charge >= 0.3 is 0 Å². The predicted octanol–water partition coefficient (Wildman–Crippen LogP) is 2.59. The van der Waals surface area contributed by atoms with Gasteiger partial charge in [-0.1, -0.05) is 6.07 Å². The zero-order chi connectivity index (χ0) is 20.2. The minimum Gasteiger partial charge on any atom is -0.459 e. The van der Waals surface area contributed by atoms with Gasteiger partial charge in [-0.25, -0.2) is 9.97 Å². The van der Waals surface area contributed by atoms with E-state index in [1.807, 2.05) is 17.9 Å². The summed E-state index contributed by atoms with van der Waals surface area (Å²) in [7, 11) is 0. The number of carbonyl (C=O) groups is 2. The number of anilines is 2. The number of carbonyl (C=O) groups excluding carboxylic acids is 2. The minimum absolute atomic E-state index is 0.0628. The number of amides is 2. The van der Waals surface area contributed by atoms with Crippen LogP contribution in [0.1, 0.15) is 26.5 Å². The molecule has 3 aromatic rings. The maximum Gasteiger partial charge on any atom is 0.291 e. The first-order valence-electron chi connectivity index (χ1n) is 9.38. The van der Waals surface area contributed by atoms with Gasteiger partial charge in [-0.05, 0) is 42.8 Å². The van der Waals surface area contributed by atoms with Crippen molar-refractivity contribution >= 4 is 23.5 Å². The summed E-state index contributed by atoms with van der Waals surface area (Å²) < 4.78 is 5.12. The lowest BCUT2D eigenvalue weighted by atomic mass is 10.1. The second kappa shape index (κ2) is 8.14. The largest absolute Gasteiger partial charge is 0.459 e. The van der Waals surface area contributed by atoms with Crippen molar-refractivity contribution in [3.8, 4) is 0 Å². The summed E-state index contributed by atoms with van der Waals surface area (Å²) in [5.41, 5.74) is 2.00. The molecule has 0 atom stereocenters. The van der Waals surface area contributed by atoms with Gasteiger partial charge in [-0.3, -0.25) is 9.59 Å². The molecule has 0 aliphatic carbocycles. The molecule has 3 heterocycles. The number of nitrogens with one attached hydrogen (secondary N) is 1. The lowest BCUT2D eigenvalue weighted by molar-refractivity contribution is 0.0746. The van der Waals surface area contributed by atoms with Gasteiger partial charge in [0.05, 0.1) is 6.26 Å². The highest BCUT2D eigenvalue weighted by molar-refractivity contribution is 6.04. The SMILES string of the molecule is Cc1ccc(C(=O)N2CCN(c3ncccn3)CC2)cc1NC(=O)c1ccco1. The van der Waals surface area contributed by atoms with E-state index in [0.717, 1.165) is 5.56 Å². The number of aromatic nitrogens is 2. The van der Waals surface area contributed by atoms with Crippen molar-refractivity contribution in [2.75, 3.05) is 36.4 Å². The fourth-order valence-corrected chi connectivity index (χ4v) is 3.23. The molecule has 0 unspecified atom stereocenters. The van der Waals surface area contributed by atoms with Crippen molar-refractivity contribution in [2.45, 2.75) is 6.92 Å². The highest BCUT2D eigenvalue weighted by Gasteiger charge is 2.24. The fraction of sp³-hybridized carbons (Fsp3) is 0.238. The molecule has 1 fully saturated rings. The molecule has 8 heteroatoms. The van der Waals surface area contributed by atoms with Crippen LogP contribution in [0.4, 0.5) is 11.6 Å². The van der Waals surface area contributed by atoms with E-state index in [9.17, 15) is 9.59 Å². The number of piperazine rings is 1. The van der Waals surface area contributed by atoms with Crippen LogP contribution in [0.2, 0.25) is 0 Å². The van der Waals surface area contributed by atoms with E-state index in [1.54, 1.807) is 42.7 Å². The molecule has 0 saturated carbocycles. The fourth-order valence-electron chi connectivity index (χ4n) is 3.23. The maximum atomic E-state index is 13.0. The number of aryl methyl sites for hydroxylation is 1. The van der Waals surface area contributed by atoms with Crippen LogP contribution in [-0.4, -0.2) is 52.9 Å². The molecule has 0 radical (unpaired) electrons. The van der Waals surface area contributed by atoms with Gasteiger partial charge in [0.25, 0.3) is 11.8 Å². The van der Waals surface area contributed by atoms with Gasteiger partial charge in [0.15, 0.2) is 5.76 Å². The first-order valence-corrected chi connectivity index (χ1v) is 9.38. The average Bonchev–Trinajstić information content (AvgIpc) is 3.31. The summed E-state index contributed by atoms with van der Waals surface area (Å²) in [6, 6.07) is 10.4. The Balaban J connectivity index is 1.43. The Morgan fingerprint density at radius 1 is 1.03 bits per heavy atom. The molecule has 8 nitrogen and oxygen atoms in total. The van der Waals surface area contributed by atoms with Gasteiger partial charge in [0.1, 0.15) is 0 Å². The summed E-state index contributed by atoms with van der Waals surface area (Å²) >= 11 is 0. The normalized spacial score (nSPS) is 14.0. The second-order valence-corrected chi connectivity index (χ2v) is 6.79. The summed E-state index contributed by atoms with van der Waals surface area (Å²) in [5, 5.41) is 2.81. The zero-order valence-corrected chi connectivity index (χ0v) is 16.0. The van der Waals surface area contributed by atoms with E-state index in [4.69, 9.17) is 4.42 Å². The lowest BCUT2D eigenvalue weighted by Gasteiger charge is -2.34. The number of hydrogen-bond donors (Lipinski definition) is 1. The van der Waals surface area contributed by atoms with Crippen molar-refractivity contribution in [1.29, 1.82) is 0 Å². The third-order valence-electron chi connectivity index (χ3n) is 4.88. The lowest BCUT2D eigenvalue weighted by Crippen LogP contribution is -2.49. The Bertz CT molecular complexity index is 996. The number of nitrogens with zero attached hydrogens (tertiary/aromatic N) is 4. The van der Waals surface area contributed by atoms with E-state index in [-0.39, 0.29) is 17.6 Å². The van der Waals surface area contributed by atoms with Gasteiger partial charge < -0.3 is 19.5 Å². The molecule has 1 aliphatic heterocycles. The van der Waals surface area contributed by atoms with Crippen molar-refractivity contribution in [3.63, 3.8) is 0 Å². The number of rotatable bonds is 4. The Labute approximate surface area is 168 Å². The Morgan fingerprint density at radius 3 is 2.48 bits per heavy atom. The summed E-state index contributed by atoms with van der Waals surface area (Å²) in [6.45, 7) is 4.39. The quantitative estimate of drug-likeness (QED) is 0.735. The van der Waals surface area contributed by atoms with Crippen LogP contribution >= 0.6 is 0 Å². The van der Waals surface area contributed by atoms with Gasteiger partial charge in [0.2, 0.25) is 5.95 Å². The van der Waals surface area contributed by atoms with E-state index >= 15 is 0 Å². The van der Waals surface area contributed by atoms with E-state index in [2.05, 4.69) is 20.2 Å². The van der Waals surface area contributed by atoms with Gasteiger partial charge in [0, 0.05) is 49.8 Å². The van der Waals surface area contributed by atoms with Crippen LogP contribution in [0, 0.1) is 6.92 Å². The molecule has 29 heavy (non-hydrogen) atoms. The van der Waals surface area contributed by atoms with E-state index in [0.29, 0.717) is 43.4 Å². The highest BCUT2D eigenvalue weighted by atomic mass is 16.3. The number of furan rings is 1. The minimum atomic E-state index is -0.348. The van der Waals surface area contributed by atoms with Gasteiger partial charge in [-0.15, -0.1) is 0 Å². The molecular weight excluding hydrogens is 370 g/mol. The van der Waals surface area contributed by atoms with E-state index in [1.165, 1.54) is 6.26 Å². The molecule has 4 rings (SSSR count). The monoisotopic (exact) mass is 391 g/mol. The van der Waals surface area contributed by atoms with Crippen LogP contribution in [0.5, 0.6) is 0 Å². The summed E-state index contributed by atoms with van der Waals surface area (Å²) in [5.74, 6) is 0.490. The number of benzene rings is 1. The first-order chi connectivity index (χ1) is 14.1. The van der Waals surface area contributed by atoms with Crippen molar-refractivity contribution < 1.29 is 14.0 Å². The average molecular weight is 391 g/mol. The zero-order valence-electron chi connectivity index (χ0n) is 16.0. The van der Waals surface area contributed by atoms with Crippen molar-refractivity contribution in [2.24, 2.45) is 0 Å². The Kier molecular flexibility index (Phi) is 5.24. The molecule has 148 valence electrons. The highest BCUT2D eigenvalue weighted by Crippen LogP contribution is 2.20. The number of hydrogen-bond acceptors (Lipinski definition) is 6. The third-order valence-corrected chi connectivity index (χ3v) is 4.88. The first kappa shape index (κ1) is 18.7. The van der Waals surface area contributed by atoms with Crippen molar-refractivity contribution in [3.05, 3.63) is 71.9 Å². The second-order valence-electron chi connectivity index (χ2n) is 6.79. The third kappa shape index (κ3) is 4.11. The Morgan fingerprint density at radius 2 is 1.79 bits per heavy atom. The molecule has 2 amide bonds. The Hall–Kier alpha value is -3.68. The van der Waals surface area contributed by atoms with E-state index < -0.39 is 0 Å². The van der Waals surface area contributed by atoms with Gasteiger partial charge in [-0.2, -0.15) is 0 Å². The van der Waals surface area contributed by atoms with Crippen LogP contribution in [-0.2, 0) is 0 Å². The maximum absolute atomic E-state index is 13.0. The molecule has 0 spiro atoms. The molecule has 1 saturated heterocycles. The smallest absolute Gasteiger partial charge is 0.291 e. The van der Waals surface area contributed by atoms with Crippen molar-refractivity contribution in [1.82, 2.24) is 14.9 Å². The topological polar surface area (TPSA) is 91.6 Å². The predicted molar refractivity (Wildman–Crippen MR) is 108 cm³/mol. The van der Waals surface area contributed by atoms with Crippen LogP contribution in [0.25, 0.3) is 0 Å².